The Morgan fingerprint density at radius 3 is 1.75 bits per heavy atom. The summed E-state index contributed by atoms with van der Waals surface area (Å²) >= 11 is 0. The topological polar surface area (TPSA) is 0 Å². The number of hydrogen-bond acceptors (Lipinski definition) is 0. The highest BCUT2D eigenvalue weighted by molar-refractivity contribution is 6.78. The van der Waals surface area contributed by atoms with Gasteiger partial charge in [0.15, 0.2) is 0 Å². The molecule has 12 heavy (non-hydrogen) atoms. The Bertz CT molecular complexity index is 251. The first-order valence-corrected chi connectivity index (χ1v) is 8.28. The van der Waals surface area contributed by atoms with Gasteiger partial charge in [0.05, 0.1) is 8.07 Å². The molecule has 1 aliphatic rings. The van der Waals surface area contributed by atoms with Crippen molar-refractivity contribution in [3.63, 3.8) is 0 Å². The summed E-state index contributed by atoms with van der Waals surface area (Å²) in [5, 5.41) is 0. The molecule has 0 aliphatic heterocycles. The van der Waals surface area contributed by atoms with Crippen LogP contribution in [0.3, 0.4) is 0 Å². The Labute approximate surface area is 77.4 Å². The van der Waals surface area contributed by atoms with Gasteiger partial charge in [-0.15, -0.1) is 0 Å². The Morgan fingerprint density at radius 1 is 1.08 bits per heavy atom. The molecule has 0 bridgehead atoms. The van der Waals surface area contributed by atoms with Crippen molar-refractivity contribution in [3.05, 3.63) is 22.8 Å². The third-order valence-corrected chi connectivity index (χ3v) is 5.46. The molecule has 1 rings (SSSR count). The normalized spacial score (nSPS) is 24.8. The third kappa shape index (κ3) is 1.56. The Hall–Kier alpha value is -0.303. The first-order valence-electron chi connectivity index (χ1n) is 4.70. The molecule has 0 N–H and O–H groups in total. The van der Waals surface area contributed by atoms with Crippen molar-refractivity contribution >= 4 is 8.07 Å². The van der Waals surface area contributed by atoms with E-state index in [9.17, 15) is 0 Å². The first-order chi connectivity index (χ1) is 5.34. The van der Waals surface area contributed by atoms with Crippen LogP contribution in [0.1, 0.15) is 20.8 Å². The second-order valence-electron chi connectivity index (χ2n) is 5.00. The van der Waals surface area contributed by atoms with Crippen LogP contribution in [0.15, 0.2) is 22.8 Å². The molecule has 0 saturated carbocycles. The lowest BCUT2D eigenvalue weighted by Crippen LogP contribution is -2.26. The molecule has 0 fully saturated rings. The highest BCUT2D eigenvalue weighted by Gasteiger charge is 2.30. The highest BCUT2D eigenvalue weighted by atomic mass is 28.3. The Balaban J connectivity index is 3.01. The minimum Gasteiger partial charge on any atom is -0.0769 e. The van der Waals surface area contributed by atoms with Crippen LogP contribution in [0.5, 0.6) is 0 Å². The van der Waals surface area contributed by atoms with Crippen molar-refractivity contribution in [1.82, 2.24) is 0 Å². The van der Waals surface area contributed by atoms with Gasteiger partial charge >= 0.3 is 0 Å². The molecule has 1 heteroatoms. The van der Waals surface area contributed by atoms with Gasteiger partial charge in [-0.3, -0.25) is 0 Å². The lowest BCUT2D eigenvalue weighted by Gasteiger charge is -2.24. The summed E-state index contributed by atoms with van der Waals surface area (Å²) in [6.07, 6.45) is 2.47. The number of hydrogen-bond donors (Lipinski definition) is 0. The predicted molar refractivity (Wildman–Crippen MR) is 59.2 cm³/mol. The zero-order valence-electron chi connectivity index (χ0n) is 9.15. The molecule has 0 saturated heterocycles. The summed E-state index contributed by atoms with van der Waals surface area (Å²) in [6.45, 7) is 14.1. The van der Waals surface area contributed by atoms with E-state index >= 15 is 0 Å². The molecule has 0 aromatic heterocycles. The van der Waals surface area contributed by atoms with Gasteiger partial charge in [-0.1, -0.05) is 36.9 Å². The number of allylic oxidation sites excluding steroid dienone is 4. The van der Waals surface area contributed by atoms with E-state index in [1.165, 1.54) is 11.1 Å². The molecule has 68 valence electrons. The predicted octanol–water partition coefficient (Wildman–Crippen LogP) is 3.99. The molecular formula is C11H20Si. The molecular weight excluding hydrogens is 160 g/mol. The van der Waals surface area contributed by atoms with Crippen molar-refractivity contribution < 1.29 is 0 Å². The van der Waals surface area contributed by atoms with Crippen molar-refractivity contribution in [2.24, 2.45) is 0 Å². The first kappa shape index (κ1) is 9.78. The largest absolute Gasteiger partial charge is 0.0769 e. The van der Waals surface area contributed by atoms with Crippen molar-refractivity contribution in [2.45, 2.75) is 46.0 Å². The molecule has 1 unspecified atom stereocenters. The van der Waals surface area contributed by atoms with E-state index in [0.717, 1.165) is 5.54 Å². The fourth-order valence-corrected chi connectivity index (χ4v) is 4.21. The monoisotopic (exact) mass is 180 g/mol. The molecule has 0 aromatic carbocycles. The van der Waals surface area contributed by atoms with Crippen molar-refractivity contribution in [2.75, 3.05) is 0 Å². The molecule has 0 nitrogen and oxygen atoms in total. The van der Waals surface area contributed by atoms with Gasteiger partial charge in [0, 0.05) is 0 Å². The van der Waals surface area contributed by atoms with Gasteiger partial charge in [-0.05, 0) is 31.9 Å². The minimum absolute atomic E-state index is 0.789. The maximum atomic E-state index is 2.47. The Morgan fingerprint density at radius 2 is 1.58 bits per heavy atom. The average molecular weight is 180 g/mol. The fourth-order valence-electron chi connectivity index (χ4n) is 1.94. The zero-order valence-corrected chi connectivity index (χ0v) is 10.2. The van der Waals surface area contributed by atoms with Crippen LogP contribution < -0.4 is 0 Å². The molecule has 0 spiro atoms. The fraction of sp³-hybridized carbons (Fsp3) is 0.636. The van der Waals surface area contributed by atoms with E-state index < -0.39 is 8.07 Å². The summed E-state index contributed by atoms with van der Waals surface area (Å²) in [4.78, 5) is 0. The maximum absolute atomic E-state index is 2.47. The van der Waals surface area contributed by atoms with Crippen LogP contribution in [0.25, 0.3) is 0 Å². The van der Waals surface area contributed by atoms with Gasteiger partial charge in [0.1, 0.15) is 0 Å². The second-order valence-corrected chi connectivity index (χ2v) is 10.4. The molecule has 1 aliphatic carbocycles. The van der Waals surface area contributed by atoms with Crippen LogP contribution in [-0.4, -0.2) is 8.07 Å². The van der Waals surface area contributed by atoms with Crippen LogP contribution in [0.2, 0.25) is 25.2 Å². The third-order valence-electron chi connectivity index (χ3n) is 3.00. The molecule has 0 aromatic rings. The highest BCUT2D eigenvalue weighted by Crippen LogP contribution is 2.40. The van der Waals surface area contributed by atoms with Gasteiger partial charge in [0.2, 0.25) is 0 Å². The minimum atomic E-state index is -1.01. The second kappa shape index (κ2) is 2.88. The van der Waals surface area contributed by atoms with E-state index in [-0.39, 0.29) is 0 Å². The standard InChI is InChI=1S/C11H20Si/c1-8-7-11(12(4,5)6)10(3)9(8)2/h7,11H,1-6H3. The van der Waals surface area contributed by atoms with Gasteiger partial charge in [0.25, 0.3) is 0 Å². The van der Waals surface area contributed by atoms with E-state index in [1.54, 1.807) is 5.57 Å². The average Bonchev–Trinajstić information content (AvgIpc) is 2.15. The van der Waals surface area contributed by atoms with Gasteiger partial charge in [-0.2, -0.15) is 0 Å². The Kier molecular flexibility index (Phi) is 2.35. The lowest BCUT2D eigenvalue weighted by atomic mass is 10.1. The summed E-state index contributed by atoms with van der Waals surface area (Å²) in [7, 11) is -1.01. The maximum Gasteiger partial charge on any atom is 0.0561 e. The molecule has 0 radical (unpaired) electrons. The van der Waals surface area contributed by atoms with Crippen LogP contribution in [-0.2, 0) is 0 Å². The smallest absolute Gasteiger partial charge is 0.0561 e. The SMILES string of the molecule is CC1=CC([Si](C)(C)C)C(C)=C1C. The van der Waals surface area contributed by atoms with Crippen molar-refractivity contribution in [3.8, 4) is 0 Å². The van der Waals surface area contributed by atoms with Gasteiger partial charge < -0.3 is 0 Å². The van der Waals surface area contributed by atoms with Crippen molar-refractivity contribution in [1.29, 1.82) is 0 Å². The van der Waals surface area contributed by atoms with Crippen LogP contribution in [0.4, 0.5) is 0 Å². The quantitative estimate of drug-likeness (QED) is 0.535. The lowest BCUT2D eigenvalue weighted by molar-refractivity contribution is 1.14. The van der Waals surface area contributed by atoms with E-state index in [1.807, 2.05) is 0 Å². The van der Waals surface area contributed by atoms with Gasteiger partial charge in [-0.25, -0.2) is 0 Å². The molecule has 0 heterocycles. The number of rotatable bonds is 1. The summed E-state index contributed by atoms with van der Waals surface area (Å²) in [5.41, 5.74) is 5.44. The van der Waals surface area contributed by atoms with E-state index in [0.29, 0.717) is 0 Å². The van der Waals surface area contributed by atoms with Crippen LogP contribution in [0, 0.1) is 0 Å². The van der Waals surface area contributed by atoms with Crippen LogP contribution >= 0.6 is 0 Å². The summed E-state index contributed by atoms with van der Waals surface area (Å²) in [6, 6.07) is 0. The summed E-state index contributed by atoms with van der Waals surface area (Å²) < 4.78 is 0. The van der Waals surface area contributed by atoms with E-state index in [4.69, 9.17) is 0 Å². The van der Waals surface area contributed by atoms with E-state index in [2.05, 4.69) is 46.5 Å². The summed E-state index contributed by atoms with van der Waals surface area (Å²) in [5.74, 6) is 0. The molecule has 1 atom stereocenters. The zero-order chi connectivity index (χ0) is 9.52. The molecule has 0 amide bonds.